The molecule has 1 aliphatic carbocycles. The number of amides is 1. The van der Waals surface area contributed by atoms with Gasteiger partial charge in [-0.2, -0.15) is 8.42 Å². The van der Waals surface area contributed by atoms with Crippen molar-refractivity contribution in [2.24, 2.45) is 0 Å². The van der Waals surface area contributed by atoms with E-state index in [0.717, 1.165) is 22.2 Å². The molecule has 1 aliphatic rings. The van der Waals surface area contributed by atoms with Crippen molar-refractivity contribution in [3.63, 3.8) is 0 Å². The number of H-pyrrole nitrogens is 1. The van der Waals surface area contributed by atoms with Gasteiger partial charge < -0.3 is 24.3 Å². The van der Waals surface area contributed by atoms with Crippen LogP contribution in [0.1, 0.15) is 42.8 Å². The number of aryl methyl sites for hydroxylation is 1. The number of aromatic amines is 1. The van der Waals surface area contributed by atoms with Crippen LogP contribution in [0.5, 0.6) is 11.8 Å². The highest BCUT2D eigenvalue weighted by atomic mass is 32.2. The van der Waals surface area contributed by atoms with Gasteiger partial charge in [0.25, 0.3) is 0 Å². The van der Waals surface area contributed by atoms with Crippen molar-refractivity contribution < 1.29 is 32.0 Å². The van der Waals surface area contributed by atoms with E-state index in [0.29, 0.717) is 23.7 Å². The number of aromatic nitrogens is 4. The van der Waals surface area contributed by atoms with Crippen LogP contribution >= 0.6 is 0 Å². The number of aliphatic carboxylic acids is 1. The number of methoxy groups -OCH3 is 1. The van der Waals surface area contributed by atoms with Crippen molar-refractivity contribution in [2.75, 3.05) is 12.9 Å². The van der Waals surface area contributed by atoms with Crippen LogP contribution in [-0.4, -0.2) is 63.6 Å². The van der Waals surface area contributed by atoms with E-state index in [2.05, 4.69) is 20.5 Å². The number of hydrogen-bond acceptors (Lipinski definition) is 8. The molecular formula is C31H33N5O7S. The van der Waals surface area contributed by atoms with E-state index >= 15 is 0 Å². The van der Waals surface area contributed by atoms with E-state index in [-0.39, 0.29) is 18.3 Å². The van der Waals surface area contributed by atoms with Gasteiger partial charge in [-0.1, -0.05) is 54.5 Å². The lowest BCUT2D eigenvalue weighted by Crippen LogP contribution is -2.52. The lowest BCUT2D eigenvalue weighted by atomic mass is 9.77. The number of carbonyl (C=O) groups excluding carboxylic acids is 1. The molecule has 1 amide bonds. The Balaban J connectivity index is 1.53. The SMILES string of the molecule is CC[C@]1(NC(=O)Cc2c(C)[nH]c3ccccc23)C=CC=CC1c1nnc(OS(=O)(=O)CCC(=O)O)n1-c1ccc(OC)cc1. The molecule has 2 aromatic carbocycles. The number of nitrogens with zero attached hydrogens (tertiary/aromatic N) is 3. The first kappa shape index (κ1) is 30.5. The standard InChI is InChI=1S/C31H33N5O7S/c1-4-31(33-27(37)19-24-20(2)32-26-11-6-5-9-23(24)26)17-8-7-10-25(31)29-34-35-30(43-44(40,41)18-16-28(38)39)36(29)21-12-14-22(42-3)15-13-21/h5-15,17,25,32H,4,16,18-19H2,1-3H3,(H,33,37)(H,38,39)/t25?,31-/m0/s1. The first-order chi connectivity index (χ1) is 21.1. The molecule has 0 saturated heterocycles. The summed E-state index contributed by atoms with van der Waals surface area (Å²) in [7, 11) is -2.80. The first-order valence-corrected chi connectivity index (χ1v) is 15.6. The van der Waals surface area contributed by atoms with E-state index in [1.165, 1.54) is 11.7 Å². The van der Waals surface area contributed by atoms with Gasteiger partial charge in [-0.3, -0.25) is 9.59 Å². The maximum atomic E-state index is 13.7. The van der Waals surface area contributed by atoms with Crippen LogP contribution in [0.2, 0.25) is 0 Å². The van der Waals surface area contributed by atoms with E-state index < -0.39 is 39.7 Å². The molecule has 0 saturated carbocycles. The Kier molecular flexibility index (Phi) is 8.59. The Morgan fingerprint density at radius 1 is 1.11 bits per heavy atom. The van der Waals surface area contributed by atoms with Crippen molar-refractivity contribution in [1.82, 2.24) is 25.1 Å². The Labute approximate surface area is 254 Å². The number of benzene rings is 2. The maximum Gasteiger partial charge on any atom is 0.338 e. The van der Waals surface area contributed by atoms with Gasteiger partial charge in [-0.15, -0.1) is 5.10 Å². The van der Waals surface area contributed by atoms with Gasteiger partial charge >= 0.3 is 22.1 Å². The Morgan fingerprint density at radius 2 is 1.86 bits per heavy atom. The zero-order valence-corrected chi connectivity index (χ0v) is 25.3. The topological polar surface area (TPSA) is 165 Å². The summed E-state index contributed by atoms with van der Waals surface area (Å²) in [6.45, 7) is 3.88. The molecule has 4 aromatic rings. The molecule has 44 heavy (non-hydrogen) atoms. The molecule has 0 spiro atoms. The molecule has 12 nitrogen and oxygen atoms in total. The average molecular weight is 620 g/mol. The number of carboxylic acids is 1. The van der Waals surface area contributed by atoms with Crippen LogP contribution in [0, 0.1) is 6.92 Å². The summed E-state index contributed by atoms with van der Waals surface area (Å²) in [6, 6.07) is 14.2. The highest BCUT2D eigenvalue weighted by Crippen LogP contribution is 2.38. The van der Waals surface area contributed by atoms with E-state index in [1.54, 1.807) is 24.3 Å². The third kappa shape index (κ3) is 6.23. The number of rotatable bonds is 12. The third-order valence-corrected chi connectivity index (χ3v) is 8.83. The van der Waals surface area contributed by atoms with Gasteiger partial charge in [0, 0.05) is 16.6 Å². The van der Waals surface area contributed by atoms with Crippen LogP contribution in [0.4, 0.5) is 0 Å². The Hall–Kier alpha value is -4.91. The number of carboxylic acid groups (broad SMARTS) is 1. The van der Waals surface area contributed by atoms with Crippen molar-refractivity contribution in [2.45, 2.75) is 44.6 Å². The minimum absolute atomic E-state index is 0.142. The maximum absolute atomic E-state index is 13.7. The number of allylic oxidation sites excluding steroid dienone is 2. The fourth-order valence-electron chi connectivity index (χ4n) is 5.44. The quantitative estimate of drug-likeness (QED) is 0.199. The number of para-hydroxylation sites is 1. The highest BCUT2D eigenvalue weighted by Gasteiger charge is 2.41. The van der Waals surface area contributed by atoms with Crippen LogP contribution in [0.25, 0.3) is 16.6 Å². The number of hydrogen-bond donors (Lipinski definition) is 3. The Bertz CT molecular complexity index is 1860. The normalized spacial score (nSPS) is 17.9. The second kappa shape index (κ2) is 12.4. The zero-order valence-electron chi connectivity index (χ0n) is 24.5. The van der Waals surface area contributed by atoms with Gasteiger partial charge in [0.1, 0.15) is 11.6 Å². The summed E-state index contributed by atoms with van der Waals surface area (Å²) < 4.78 is 37.4. The molecule has 230 valence electrons. The fourth-order valence-corrected chi connectivity index (χ4v) is 6.29. The number of fused-ring (bicyclic) bond motifs is 1. The molecule has 2 aromatic heterocycles. The lowest BCUT2D eigenvalue weighted by Gasteiger charge is -2.38. The number of carbonyl (C=O) groups is 2. The summed E-state index contributed by atoms with van der Waals surface area (Å²) in [6.07, 6.45) is 7.42. The van der Waals surface area contributed by atoms with E-state index in [9.17, 15) is 18.0 Å². The molecular weight excluding hydrogens is 586 g/mol. The number of ether oxygens (including phenoxy) is 1. The van der Waals surface area contributed by atoms with Gasteiger partial charge in [0.05, 0.1) is 42.8 Å². The van der Waals surface area contributed by atoms with Crippen LogP contribution in [0.3, 0.4) is 0 Å². The fraction of sp³-hybridized carbons (Fsp3) is 0.290. The Morgan fingerprint density at radius 3 is 2.57 bits per heavy atom. The minimum atomic E-state index is -4.33. The predicted octanol–water partition coefficient (Wildman–Crippen LogP) is 3.97. The van der Waals surface area contributed by atoms with Crippen molar-refractivity contribution in [3.8, 4) is 17.4 Å². The smallest absolute Gasteiger partial charge is 0.338 e. The molecule has 0 fully saturated rings. The van der Waals surface area contributed by atoms with Gasteiger partial charge in [-0.05, 0) is 49.2 Å². The van der Waals surface area contributed by atoms with Crippen molar-refractivity contribution >= 4 is 32.9 Å². The molecule has 0 bridgehead atoms. The summed E-state index contributed by atoms with van der Waals surface area (Å²) in [5.41, 5.74) is 2.30. The van der Waals surface area contributed by atoms with Gasteiger partial charge in [0.2, 0.25) is 5.91 Å². The van der Waals surface area contributed by atoms with Crippen molar-refractivity contribution in [1.29, 1.82) is 0 Å². The molecule has 1 unspecified atom stereocenters. The van der Waals surface area contributed by atoms with Crippen LogP contribution < -0.4 is 14.2 Å². The monoisotopic (exact) mass is 619 g/mol. The van der Waals surface area contributed by atoms with Gasteiger partial charge in [0.15, 0.2) is 0 Å². The van der Waals surface area contributed by atoms with E-state index in [1.807, 2.05) is 62.4 Å². The molecule has 2 heterocycles. The minimum Gasteiger partial charge on any atom is -0.497 e. The summed E-state index contributed by atoms with van der Waals surface area (Å²) in [5, 5.41) is 21.6. The highest BCUT2D eigenvalue weighted by molar-refractivity contribution is 7.87. The predicted molar refractivity (Wildman–Crippen MR) is 164 cm³/mol. The average Bonchev–Trinajstić information content (AvgIpc) is 3.55. The molecule has 0 aliphatic heterocycles. The molecule has 5 rings (SSSR count). The summed E-state index contributed by atoms with van der Waals surface area (Å²) >= 11 is 0. The van der Waals surface area contributed by atoms with Crippen LogP contribution in [-0.2, 0) is 26.1 Å². The summed E-state index contributed by atoms with van der Waals surface area (Å²) in [4.78, 5) is 28.0. The first-order valence-electron chi connectivity index (χ1n) is 14.0. The number of nitrogens with one attached hydrogen (secondary N) is 2. The molecule has 13 heteroatoms. The van der Waals surface area contributed by atoms with Crippen molar-refractivity contribution in [3.05, 3.63) is 89.9 Å². The van der Waals surface area contributed by atoms with E-state index in [4.69, 9.17) is 14.0 Å². The molecule has 0 radical (unpaired) electrons. The second-order valence-corrected chi connectivity index (χ2v) is 12.2. The zero-order chi connectivity index (χ0) is 31.5. The van der Waals surface area contributed by atoms with Crippen LogP contribution in [0.15, 0.2) is 72.8 Å². The summed E-state index contributed by atoms with van der Waals surface area (Å²) in [5.74, 6) is -1.93. The second-order valence-electron chi connectivity index (χ2n) is 10.5. The third-order valence-electron chi connectivity index (χ3n) is 7.72. The largest absolute Gasteiger partial charge is 0.497 e. The molecule has 2 atom stereocenters. The molecule has 3 N–H and O–H groups in total. The lowest BCUT2D eigenvalue weighted by molar-refractivity contribution is -0.136. The van der Waals surface area contributed by atoms with Gasteiger partial charge in [-0.25, -0.2) is 4.57 Å².